The Balaban J connectivity index is 1.54. The fraction of sp³-hybridized carbons (Fsp3) is 0.571. The van der Waals surface area contributed by atoms with Gasteiger partial charge >= 0.3 is 0 Å². The van der Waals surface area contributed by atoms with E-state index >= 15 is 0 Å². The van der Waals surface area contributed by atoms with E-state index in [0.717, 1.165) is 12.1 Å². The quantitative estimate of drug-likeness (QED) is 0.845. The van der Waals surface area contributed by atoms with Gasteiger partial charge in [0.15, 0.2) is 0 Å². The Kier molecular flexibility index (Phi) is 3.24. The van der Waals surface area contributed by atoms with Crippen LogP contribution in [0.2, 0.25) is 0 Å². The number of halogens is 1. The summed E-state index contributed by atoms with van der Waals surface area (Å²) in [6, 6.07) is 10.4. The van der Waals surface area contributed by atoms with Crippen molar-refractivity contribution in [1.82, 2.24) is 9.80 Å². The van der Waals surface area contributed by atoms with Crippen LogP contribution in [0.15, 0.2) is 28.7 Å². The van der Waals surface area contributed by atoms with Crippen LogP contribution in [0.5, 0.6) is 0 Å². The number of piperazine rings is 1. The minimum atomic E-state index is 0.820. The van der Waals surface area contributed by atoms with Crippen molar-refractivity contribution in [3.63, 3.8) is 0 Å². The van der Waals surface area contributed by atoms with E-state index in [-0.39, 0.29) is 0 Å². The standard InChI is InChI=1S/C14H19BrN2/c1-16-9-14-8-13(16)10-17(14)7-6-11-2-4-12(15)5-3-11/h2-5,13-14H,6-10H2,1H3. The average molecular weight is 295 g/mol. The van der Waals surface area contributed by atoms with Crippen molar-refractivity contribution in [2.75, 3.05) is 26.7 Å². The minimum Gasteiger partial charge on any atom is -0.301 e. The lowest BCUT2D eigenvalue weighted by atomic mass is 10.1. The monoisotopic (exact) mass is 294 g/mol. The van der Waals surface area contributed by atoms with E-state index < -0.39 is 0 Å². The Labute approximate surface area is 112 Å². The van der Waals surface area contributed by atoms with Crippen LogP contribution < -0.4 is 0 Å². The summed E-state index contributed by atoms with van der Waals surface area (Å²) in [5.41, 5.74) is 1.45. The average Bonchev–Trinajstić information content (AvgIpc) is 2.87. The Morgan fingerprint density at radius 2 is 1.94 bits per heavy atom. The van der Waals surface area contributed by atoms with Gasteiger partial charge in [-0.05, 0) is 37.6 Å². The second-order valence-electron chi connectivity index (χ2n) is 5.35. The molecule has 92 valence electrons. The number of benzene rings is 1. The van der Waals surface area contributed by atoms with Gasteiger partial charge < -0.3 is 4.90 Å². The molecule has 1 aromatic rings. The molecule has 0 radical (unpaired) electrons. The van der Waals surface area contributed by atoms with Gasteiger partial charge in [-0.1, -0.05) is 28.1 Å². The lowest BCUT2D eigenvalue weighted by Gasteiger charge is -2.31. The van der Waals surface area contributed by atoms with E-state index in [1.165, 1.54) is 42.5 Å². The molecule has 0 spiro atoms. The van der Waals surface area contributed by atoms with Crippen LogP contribution >= 0.6 is 15.9 Å². The van der Waals surface area contributed by atoms with Gasteiger partial charge in [0, 0.05) is 36.2 Å². The summed E-state index contributed by atoms with van der Waals surface area (Å²) in [7, 11) is 2.26. The molecule has 17 heavy (non-hydrogen) atoms. The molecular formula is C14H19BrN2. The Morgan fingerprint density at radius 1 is 1.18 bits per heavy atom. The molecule has 0 aliphatic carbocycles. The number of hydrogen-bond acceptors (Lipinski definition) is 2. The summed E-state index contributed by atoms with van der Waals surface area (Å²) in [6.45, 7) is 3.76. The zero-order chi connectivity index (χ0) is 11.8. The molecule has 2 atom stereocenters. The Bertz CT molecular complexity index is 388. The van der Waals surface area contributed by atoms with Gasteiger partial charge in [-0.3, -0.25) is 4.90 Å². The first-order chi connectivity index (χ1) is 8.22. The summed E-state index contributed by atoms with van der Waals surface area (Å²) in [4.78, 5) is 5.19. The lowest BCUT2D eigenvalue weighted by Crippen LogP contribution is -2.45. The predicted molar refractivity (Wildman–Crippen MR) is 74.2 cm³/mol. The van der Waals surface area contributed by atoms with E-state index in [9.17, 15) is 0 Å². The molecule has 0 N–H and O–H groups in total. The number of nitrogens with zero attached hydrogens (tertiary/aromatic N) is 2. The minimum absolute atomic E-state index is 0.820. The second-order valence-corrected chi connectivity index (χ2v) is 6.27. The van der Waals surface area contributed by atoms with Gasteiger partial charge in [0.25, 0.3) is 0 Å². The molecular weight excluding hydrogens is 276 g/mol. The van der Waals surface area contributed by atoms with Crippen LogP contribution in [-0.2, 0) is 6.42 Å². The van der Waals surface area contributed by atoms with Gasteiger partial charge in [-0.25, -0.2) is 0 Å². The molecule has 2 saturated heterocycles. The summed E-state index contributed by atoms with van der Waals surface area (Å²) in [5.74, 6) is 0. The third-order valence-electron chi connectivity index (χ3n) is 4.23. The molecule has 3 heteroatoms. The normalized spacial score (nSPS) is 29.1. The maximum atomic E-state index is 3.48. The molecule has 0 amide bonds. The van der Waals surface area contributed by atoms with Crippen molar-refractivity contribution in [2.45, 2.75) is 24.9 Å². The van der Waals surface area contributed by atoms with Crippen molar-refractivity contribution in [1.29, 1.82) is 0 Å². The van der Waals surface area contributed by atoms with Crippen LogP contribution in [0, 0.1) is 0 Å². The van der Waals surface area contributed by atoms with Gasteiger partial charge in [-0.2, -0.15) is 0 Å². The first kappa shape index (κ1) is 11.7. The van der Waals surface area contributed by atoms with Gasteiger partial charge in [0.2, 0.25) is 0 Å². The lowest BCUT2D eigenvalue weighted by molar-refractivity contribution is 0.151. The maximum absolute atomic E-state index is 3.48. The molecule has 2 aliphatic heterocycles. The Hall–Kier alpha value is -0.380. The summed E-state index contributed by atoms with van der Waals surface area (Å²) in [5, 5.41) is 0. The SMILES string of the molecule is CN1CC2CC1CN2CCc1ccc(Br)cc1. The first-order valence-electron chi connectivity index (χ1n) is 6.41. The molecule has 2 fully saturated rings. The van der Waals surface area contributed by atoms with Crippen molar-refractivity contribution in [3.05, 3.63) is 34.3 Å². The van der Waals surface area contributed by atoms with Crippen LogP contribution in [0.1, 0.15) is 12.0 Å². The van der Waals surface area contributed by atoms with E-state index in [1.54, 1.807) is 0 Å². The molecule has 0 aromatic heterocycles. The smallest absolute Gasteiger partial charge is 0.0239 e. The fourth-order valence-electron chi connectivity index (χ4n) is 3.15. The Morgan fingerprint density at radius 3 is 2.53 bits per heavy atom. The molecule has 2 nitrogen and oxygen atoms in total. The molecule has 3 rings (SSSR count). The van der Waals surface area contributed by atoms with Crippen molar-refractivity contribution < 1.29 is 0 Å². The highest BCUT2D eigenvalue weighted by molar-refractivity contribution is 9.10. The number of likely N-dealkylation sites (tertiary alicyclic amines) is 2. The summed E-state index contributed by atoms with van der Waals surface area (Å²) < 4.78 is 1.17. The molecule has 2 unspecified atom stereocenters. The summed E-state index contributed by atoms with van der Waals surface area (Å²) in [6.07, 6.45) is 2.57. The van der Waals surface area contributed by atoms with Crippen LogP contribution in [-0.4, -0.2) is 48.6 Å². The highest BCUT2D eigenvalue weighted by atomic mass is 79.9. The van der Waals surface area contributed by atoms with Crippen molar-refractivity contribution in [2.24, 2.45) is 0 Å². The molecule has 2 aliphatic rings. The maximum Gasteiger partial charge on any atom is 0.0239 e. The van der Waals surface area contributed by atoms with Gasteiger partial charge in [-0.15, -0.1) is 0 Å². The largest absolute Gasteiger partial charge is 0.301 e. The van der Waals surface area contributed by atoms with Crippen molar-refractivity contribution >= 4 is 15.9 Å². The first-order valence-corrected chi connectivity index (χ1v) is 7.20. The highest BCUT2D eigenvalue weighted by Crippen LogP contribution is 2.29. The number of likely N-dealkylation sites (N-methyl/N-ethyl adjacent to an activating group) is 1. The van der Waals surface area contributed by atoms with Gasteiger partial charge in [0.1, 0.15) is 0 Å². The zero-order valence-corrected chi connectivity index (χ0v) is 11.9. The topological polar surface area (TPSA) is 6.48 Å². The molecule has 1 aromatic carbocycles. The third-order valence-corrected chi connectivity index (χ3v) is 4.76. The number of rotatable bonds is 3. The molecule has 0 saturated carbocycles. The zero-order valence-electron chi connectivity index (χ0n) is 10.3. The highest BCUT2D eigenvalue weighted by Gasteiger charge is 2.40. The van der Waals surface area contributed by atoms with Crippen molar-refractivity contribution in [3.8, 4) is 0 Å². The van der Waals surface area contributed by atoms with Gasteiger partial charge in [0.05, 0.1) is 0 Å². The van der Waals surface area contributed by atoms with E-state index in [1.807, 2.05) is 0 Å². The molecule has 2 bridgehead atoms. The van der Waals surface area contributed by atoms with Crippen LogP contribution in [0.3, 0.4) is 0 Å². The summed E-state index contributed by atoms with van der Waals surface area (Å²) >= 11 is 3.48. The second kappa shape index (κ2) is 4.71. The van der Waals surface area contributed by atoms with Crippen LogP contribution in [0.25, 0.3) is 0 Å². The number of fused-ring (bicyclic) bond motifs is 2. The van der Waals surface area contributed by atoms with Crippen LogP contribution in [0.4, 0.5) is 0 Å². The molecule has 2 heterocycles. The van der Waals surface area contributed by atoms with E-state index in [4.69, 9.17) is 0 Å². The fourth-order valence-corrected chi connectivity index (χ4v) is 3.41. The third kappa shape index (κ3) is 2.42. The predicted octanol–water partition coefficient (Wildman–Crippen LogP) is 2.38. The number of hydrogen-bond donors (Lipinski definition) is 0. The van der Waals surface area contributed by atoms with E-state index in [2.05, 4.69) is 57.0 Å². The van der Waals surface area contributed by atoms with E-state index in [0.29, 0.717) is 0 Å².